The minimum absolute atomic E-state index is 0.0618. The first-order chi connectivity index (χ1) is 5.82. The average molecular weight is 185 g/mol. The van der Waals surface area contributed by atoms with Crippen molar-refractivity contribution in [2.75, 3.05) is 6.54 Å². The fourth-order valence-electron chi connectivity index (χ4n) is 1.38. The molecule has 3 heteroatoms. The van der Waals surface area contributed by atoms with Crippen LogP contribution in [-0.2, 0) is 4.74 Å². The van der Waals surface area contributed by atoms with E-state index in [1.54, 1.807) is 4.90 Å². The van der Waals surface area contributed by atoms with Crippen molar-refractivity contribution < 1.29 is 9.53 Å². The van der Waals surface area contributed by atoms with Crippen molar-refractivity contribution >= 4 is 6.09 Å². The summed E-state index contributed by atoms with van der Waals surface area (Å²) in [6.07, 6.45) is -0.113. The molecule has 0 radical (unpaired) electrons. The quantitative estimate of drug-likeness (QED) is 0.627. The number of carbonyl (C=O) groups is 1. The lowest BCUT2D eigenvalue weighted by Gasteiger charge is -2.29. The molecule has 1 unspecified atom stereocenters. The van der Waals surface area contributed by atoms with E-state index in [1.165, 1.54) is 0 Å². The predicted octanol–water partition coefficient (Wildman–Crippen LogP) is 2.26. The highest BCUT2D eigenvalue weighted by atomic mass is 16.6. The summed E-state index contributed by atoms with van der Waals surface area (Å²) >= 11 is 0. The highest BCUT2D eigenvalue weighted by molar-refractivity contribution is 5.70. The van der Waals surface area contributed by atoms with Crippen LogP contribution in [0.4, 0.5) is 4.79 Å². The van der Waals surface area contributed by atoms with Gasteiger partial charge in [0.2, 0.25) is 0 Å². The molecule has 1 rings (SSSR count). The first kappa shape index (κ1) is 10.4. The topological polar surface area (TPSA) is 29.5 Å². The first-order valence-electron chi connectivity index (χ1n) is 4.80. The number of hydrogen-bond acceptors (Lipinski definition) is 2. The molecule has 1 fully saturated rings. The molecule has 1 aliphatic rings. The van der Waals surface area contributed by atoms with Gasteiger partial charge in [-0.15, -0.1) is 0 Å². The zero-order valence-corrected chi connectivity index (χ0v) is 9.13. The highest BCUT2D eigenvalue weighted by Gasteiger charge is 2.38. The van der Waals surface area contributed by atoms with Gasteiger partial charge in [-0.25, -0.2) is 4.79 Å². The fraction of sp³-hybridized carbons (Fsp3) is 0.900. The molecule has 0 saturated carbocycles. The van der Waals surface area contributed by atoms with Crippen LogP contribution in [0.1, 0.15) is 34.6 Å². The van der Waals surface area contributed by atoms with Crippen LogP contribution in [0.5, 0.6) is 0 Å². The van der Waals surface area contributed by atoms with E-state index >= 15 is 0 Å². The van der Waals surface area contributed by atoms with Crippen molar-refractivity contribution in [3.05, 3.63) is 0 Å². The largest absolute Gasteiger partial charge is 0.444 e. The van der Waals surface area contributed by atoms with E-state index in [1.807, 2.05) is 20.8 Å². The molecular weight excluding hydrogens is 166 g/mol. The molecule has 76 valence electrons. The van der Waals surface area contributed by atoms with Crippen LogP contribution >= 0.6 is 0 Å². The standard InChI is InChI=1S/C10H19NO2/c1-7(2)8-6-11(9(12)13-8)10(3,4)5/h7-8H,6H2,1-5H3. The highest BCUT2D eigenvalue weighted by Crippen LogP contribution is 2.24. The number of carbonyl (C=O) groups excluding carboxylic acids is 1. The van der Waals surface area contributed by atoms with Gasteiger partial charge in [0, 0.05) is 5.54 Å². The second kappa shape index (κ2) is 3.20. The molecule has 0 aromatic rings. The molecule has 0 aliphatic carbocycles. The monoisotopic (exact) mass is 185 g/mol. The molecule has 0 N–H and O–H groups in total. The van der Waals surface area contributed by atoms with Gasteiger partial charge in [-0.2, -0.15) is 0 Å². The smallest absolute Gasteiger partial charge is 0.410 e. The molecule has 0 aromatic heterocycles. The summed E-state index contributed by atoms with van der Waals surface area (Å²) in [7, 11) is 0. The van der Waals surface area contributed by atoms with Gasteiger partial charge in [0.15, 0.2) is 0 Å². The Morgan fingerprint density at radius 3 is 2.23 bits per heavy atom. The van der Waals surface area contributed by atoms with Crippen LogP contribution in [0, 0.1) is 5.92 Å². The number of amides is 1. The molecule has 1 saturated heterocycles. The molecule has 1 atom stereocenters. The van der Waals surface area contributed by atoms with E-state index in [4.69, 9.17) is 4.74 Å². The maximum absolute atomic E-state index is 11.4. The predicted molar refractivity (Wildman–Crippen MR) is 51.6 cm³/mol. The number of hydrogen-bond donors (Lipinski definition) is 0. The number of nitrogens with zero attached hydrogens (tertiary/aromatic N) is 1. The Bertz CT molecular complexity index is 205. The van der Waals surface area contributed by atoms with Crippen LogP contribution < -0.4 is 0 Å². The normalized spacial score (nSPS) is 24.0. The van der Waals surface area contributed by atoms with Gasteiger partial charge < -0.3 is 4.74 Å². The van der Waals surface area contributed by atoms with Crippen molar-refractivity contribution in [1.82, 2.24) is 4.90 Å². The molecule has 1 heterocycles. The zero-order chi connectivity index (χ0) is 10.2. The second-order valence-corrected chi connectivity index (χ2v) is 4.95. The Balaban J connectivity index is 2.67. The Morgan fingerprint density at radius 2 is 2.00 bits per heavy atom. The number of rotatable bonds is 1. The Morgan fingerprint density at radius 1 is 1.46 bits per heavy atom. The molecular formula is C10H19NO2. The van der Waals surface area contributed by atoms with Crippen molar-refractivity contribution in [3.63, 3.8) is 0 Å². The summed E-state index contributed by atoms with van der Waals surface area (Å²) in [5.74, 6) is 0.399. The van der Waals surface area contributed by atoms with E-state index < -0.39 is 0 Å². The van der Waals surface area contributed by atoms with Crippen LogP contribution in [-0.4, -0.2) is 29.2 Å². The summed E-state index contributed by atoms with van der Waals surface area (Å²) in [5.41, 5.74) is -0.124. The molecule has 0 spiro atoms. The van der Waals surface area contributed by atoms with E-state index in [-0.39, 0.29) is 17.7 Å². The van der Waals surface area contributed by atoms with Gasteiger partial charge in [-0.05, 0) is 26.7 Å². The molecule has 13 heavy (non-hydrogen) atoms. The van der Waals surface area contributed by atoms with Gasteiger partial charge in [0.05, 0.1) is 6.54 Å². The third-order valence-electron chi connectivity index (χ3n) is 2.39. The molecule has 0 aromatic carbocycles. The van der Waals surface area contributed by atoms with E-state index in [0.29, 0.717) is 5.92 Å². The van der Waals surface area contributed by atoms with Gasteiger partial charge in [-0.1, -0.05) is 13.8 Å². The van der Waals surface area contributed by atoms with Crippen molar-refractivity contribution in [3.8, 4) is 0 Å². The Kier molecular flexibility index (Phi) is 2.55. The van der Waals surface area contributed by atoms with Gasteiger partial charge in [0.25, 0.3) is 0 Å². The van der Waals surface area contributed by atoms with Crippen molar-refractivity contribution in [1.29, 1.82) is 0 Å². The van der Waals surface area contributed by atoms with Crippen LogP contribution in [0.15, 0.2) is 0 Å². The first-order valence-corrected chi connectivity index (χ1v) is 4.80. The van der Waals surface area contributed by atoms with E-state index in [2.05, 4.69) is 13.8 Å². The summed E-state index contributed by atoms with van der Waals surface area (Å²) in [5, 5.41) is 0. The minimum atomic E-state index is -0.175. The third kappa shape index (κ3) is 2.14. The van der Waals surface area contributed by atoms with Crippen LogP contribution in [0.3, 0.4) is 0 Å². The Hall–Kier alpha value is -0.730. The lowest BCUT2D eigenvalue weighted by Crippen LogP contribution is -2.42. The maximum Gasteiger partial charge on any atom is 0.410 e. The van der Waals surface area contributed by atoms with Crippen molar-refractivity contribution in [2.45, 2.75) is 46.3 Å². The maximum atomic E-state index is 11.4. The van der Waals surface area contributed by atoms with Gasteiger partial charge >= 0.3 is 6.09 Å². The summed E-state index contributed by atoms with van der Waals surface area (Å²) < 4.78 is 5.25. The Labute approximate surface area is 80.1 Å². The zero-order valence-electron chi connectivity index (χ0n) is 9.13. The summed E-state index contributed by atoms with van der Waals surface area (Å²) in [6.45, 7) is 10.9. The van der Waals surface area contributed by atoms with Gasteiger partial charge in [-0.3, -0.25) is 4.90 Å². The molecule has 0 bridgehead atoms. The lowest BCUT2D eigenvalue weighted by molar-refractivity contribution is 0.106. The minimum Gasteiger partial charge on any atom is -0.444 e. The molecule has 1 aliphatic heterocycles. The lowest BCUT2D eigenvalue weighted by atomic mass is 10.0. The van der Waals surface area contributed by atoms with Crippen LogP contribution in [0.2, 0.25) is 0 Å². The summed E-state index contributed by atoms with van der Waals surface area (Å²) in [4.78, 5) is 13.2. The molecule has 1 amide bonds. The average Bonchev–Trinajstić information content (AvgIpc) is 2.29. The number of cyclic esters (lactones) is 1. The molecule has 3 nitrogen and oxygen atoms in total. The second-order valence-electron chi connectivity index (χ2n) is 4.95. The number of ether oxygens (including phenoxy) is 1. The van der Waals surface area contributed by atoms with Gasteiger partial charge in [0.1, 0.15) is 6.10 Å². The van der Waals surface area contributed by atoms with E-state index in [0.717, 1.165) is 6.54 Å². The third-order valence-corrected chi connectivity index (χ3v) is 2.39. The summed E-state index contributed by atoms with van der Waals surface area (Å²) in [6, 6.07) is 0. The van der Waals surface area contributed by atoms with Crippen LogP contribution in [0.25, 0.3) is 0 Å². The van der Waals surface area contributed by atoms with E-state index in [9.17, 15) is 4.79 Å². The fourth-order valence-corrected chi connectivity index (χ4v) is 1.38. The SMILES string of the molecule is CC(C)C1CN(C(C)(C)C)C(=O)O1. The van der Waals surface area contributed by atoms with Crippen molar-refractivity contribution in [2.24, 2.45) is 5.92 Å².